The number of hydrogen-bond acceptors (Lipinski definition) is 9. The Hall–Kier alpha value is -4.73. The molecule has 1 saturated carbocycles. The van der Waals surface area contributed by atoms with Gasteiger partial charge in [-0.1, -0.05) is 0 Å². The van der Waals surface area contributed by atoms with Gasteiger partial charge in [-0.2, -0.15) is 10.4 Å². The summed E-state index contributed by atoms with van der Waals surface area (Å²) in [5.74, 6) is -1.16. The molecule has 240 valence electrons. The van der Waals surface area contributed by atoms with Crippen molar-refractivity contribution in [3.05, 3.63) is 47.8 Å². The molecule has 0 radical (unpaired) electrons. The van der Waals surface area contributed by atoms with Gasteiger partial charge < -0.3 is 25.4 Å². The first-order chi connectivity index (χ1) is 21.1. The van der Waals surface area contributed by atoms with E-state index in [4.69, 9.17) is 9.47 Å². The number of esters is 1. The highest BCUT2D eigenvalue weighted by molar-refractivity contribution is 6.00. The zero-order valence-corrected chi connectivity index (χ0v) is 26.4. The van der Waals surface area contributed by atoms with Gasteiger partial charge in [0.1, 0.15) is 17.3 Å². The smallest absolute Gasteiger partial charge is 0.407 e. The van der Waals surface area contributed by atoms with Crippen LogP contribution in [-0.2, 0) is 14.3 Å². The summed E-state index contributed by atoms with van der Waals surface area (Å²) in [6.07, 6.45) is 3.64. The third-order valence-electron chi connectivity index (χ3n) is 7.45. The van der Waals surface area contributed by atoms with Crippen LogP contribution in [0.25, 0.3) is 16.9 Å². The number of nitrogens with zero attached hydrogens (tertiary/aromatic N) is 4. The van der Waals surface area contributed by atoms with E-state index in [0.717, 1.165) is 12.8 Å². The van der Waals surface area contributed by atoms with E-state index in [9.17, 15) is 24.0 Å². The SMILES string of the molecule is CC(=O)OC(C)(C)[C@H](F)CNC(=O)c1cnc(-c2ccc3cc(C#N)cnn23)cc1NC1CCC(NC(=O)OC(C)(C)C)CC1. The second kappa shape index (κ2) is 13.5. The molecule has 12 nitrogen and oxygen atoms in total. The Bertz CT molecular complexity index is 1600. The minimum absolute atomic E-state index is 0.0133. The highest BCUT2D eigenvalue weighted by Gasteiger charge is 2.33. The van der Waals surface area contributed by atoms with Crippen molar-refractivity contribution in [3.63, 3.8) is 0 Å². The minimum Gasteiger partial charge on any atom is -0.457 e. The summed E-state index contributed by atoms with van der Waals surface area (Å²) in [6.45, 7) is 9.15. The van der Waals surface area contributed by atoms with E-state index in [-0.39, 0.29) is 24.2 Å². The van der Waals surface area contributed by atoms with Crippen molar-refractivity contribution in [1.82, 2.24) is 25.2 Å². The molecule has 45 heavy (non-hydrogen) atoms. The maximum Gasteiger partial charge on any atom is 0.407 e. The molecule has 3 aromatic heterocycles. The van der Waals surface area contributed by atoms with Crippen molar-refractivity contribution in [2.45, 2.75) is 96.7 Å². The highest BCUT2D eigenvalue weighted by Crippen LogP contribution is 2.29. The third-order valence-corrected chi connectivity index (χ3v) is 7.45. The largest absolute Gasteiger partial charge is 0.457 e. The van der Waals surface area contributed by atoms with Crippen LogP contribution in [0.3, 0.4) is 0 Å². The molecular weight excluding hydrogens is 581 g/mol. The average Bonchev–Trinajstić information content (AvgIpc) is 3.38. The number of alkyl carbamates (subject to hydrolysis) is 1. The number of aromatic nitrogens is 3. The molecule has 1 aliphatic carbocycles. The van der Waals surface area contributed by atoms with Gasteiger partial charge in [-0.25, -0.2) is 13.7 Å². The van der Waals surface area contributed by atoms with Crippen LogP contribution >= 0.6 is 0 Å². The lowest BCUT2D eigenvalue weighted by Crippen LogP contribution is -2.45. The predicted octanol–water partition coefficient (Wildman–Crippen LogP) is 4.93. The minimum atomic E-state index is -1.65. The van der Waals surface area contributed by atoms with Gasteiger partial charge in [0.05, 0.1) is 46.5 Å². The van der Waals surface area contributed by atoms with Crippen LogP contribution in [0.15, 0.2) is 36.7 Å². The Morgan fingerprint density at radius 3 is 2.40 bits per heavy atom. The van der Waals surface area contributed by atoms with Crippen molar-refractivity contribution in [3.8, 4) is 17.5 Å². The molecule has 1 aliphatic rings. The Balaban J connectivity index is 1.54. The monoisotopic (exact) mass is 621 g/mol. The number of amides is 2. The molecule has 3 heterocycles. The lowest BCUT2D eigenvalue weighted by atomic mass is 9.91. The summed E-state index contributed by atoms with van der Waals surface area (Å²) in [5, 5.41) is 22.6. The average molecular weight is 622 g/mol. The molecule has 0 aromatic carbocycles. The number of ether oxygens (including phenoxy) is 2. The van der Waals surface area contributed by atoms with Gasteiger partial charge in [0, 0.05) is 25.2 Å². The van der Waals surface area contributed by atoms with Gasteiger partial charge in [0.15, 0.2) is 6.17 Å². The van der Waals surface area contributed by atoms with Gasteiger partial charge in [-0.3, -0.25) is 14.6 Å². The Morgan fingerprint density at radius 2 is 1.76 bits per heavy atom. The molecule has 0 bridgehead atoms. The number of alkyl halides is 1. The van der Waals surface area contributed by atoms with Gasteiger partial charge in [0.2, 0.25) is 0 Å². The first kappa shape index (κ1) is 33.2. The molecule has 1 fully saturated rings. The van der Waals surface area contributed by atoms with Gasteiger partial charge in [-0.15, -0.1) is 0 Å². The fraction of sp³-hybridized carbons (Fsp3) is 0.500. The molecule has 3 aromatic rings. The lowest BCUT2D eigenvalue weighted by molar-refractivity contribution is -0.159. The summed E-state index contributed by atoms with van der Waals surface area (Å²) < 4.78 is 27.1. The van der Waals surface area contributed by atoms with Crippen molar-refractivity contribution in [2.75, 3.05) is 11.9 Å². The van der Waals surface area contributed by atoms with E-state index in [1.165, 1.54) is 33.2 Å². The van der Waals surface area contributed by atoms with Crippen LogP contribution < -0.4 is 16.0 Å². The van der Waals surface area contributed by atoms with Crippen molar-refractivity contribution in [2.24, 2.45) is 0 Å². The third kappa shape index (κ3) is 8.68. The summed E-state index contributed by atoms with van der Waals surface area (Å²) >= 11 is 0. The number of rotatable bonds is 9. The molecule has 13 heteroatoms. The van der Waals surface area contributed by atoms with Crippen molar-refractivity contribution < 1.29 is 28.2 Å². The summed E-state index contributed by atoms with van der Waals surface area (Å²) in [6, 6.07) is 9.14. The zero-order chi connectivity index (χ0) is 32.9. The van der Waals surface area contributed by atoms with Crippen LogP contribution in [0, 0.1) is 11.3 Å². The number of pyridine rings is 1. The second-order valence-corrected chi connectivity index (χ2v) is 12.7. The van der Waals surface area contributed by atoms with E-state index < -0.39 is 35.3 Å². The maximum atomic E-state index is 15.0. The number of nitrogens with one attached hydrogen (secondary N) is 3. The van der Waals surface area contributed by atoms with Gasteiger partial charge in [-0.05, 0) is 84.6 Å². The topological polar surface area (TPSA) is 160 Å². The number of anilines is 1. The summed E-state index contributed by atoms with van der Waals surface area (Å²) in [5.41, 5.74) is 1.02. The van der Waals surface area contributed by atoms with Crippen LogP contribution in [0.4, 0.5) is 14.9 Å². The quantitative estimate of drug-likeness (QED) is 0.282. The number of nitriles is 1. The normalized spacial score (nSPS) is 17.6. The molecule has 0 saturated heterocycles. The summed E-state index contributed by atoms with van der Waals surface area (Å²) in [7, 11) is 0. The number of carbonyl (C=O) groups is 3. The van der Waals surface area contributed by atoms with E-state index in [1.807, 2.05) is 32.9 Å². The molecule has 1 atom stereocenters. The molecule has 0 aliphatic heterocycles. The number of hydrogen-bond donors (Lipinski definition) is 3. The van der Waals surface area contributed by atoms with E-state index >= 15 is 0 Å². The Kier molecular flexibility index (Phi) is 9.95. The number of fused-ring (bicyclic) bond motifs is 1. The fourth-order valence-corrected chi connectivity index (χ4v) is 5.18. The number of halogens is 1. The zero-order valence-electron chi connectivity index (χ0n) is 26.4. The maximum absolute atomic E-state index is 15.0. The Labute approximate surface area is 261 Å². The second-order valence-electron chi connectivity index (χ2n) is 12.7. The predicted molar refractivity (Wildman–Crippen MR) is 165 cm³/mol. The van der Waals surface area contributed by atoms with Crippen LogP contribution in [0.5, 0.6) is 0 Å². The van der Waals surface area contributed by atoms with E-state index in [0.29, 0.717) is 41.0 Å². The van der Waals surface area contributed by atoms with Crippen LogP contribution in [0.2, 0.25) is 0 Å². The van der Waals surface area contributed by atoms with Gasteiger partial charge in [0.25, 0.3) is 5.91 Å². The lowest BCUT2D eigenvalue weighted by Gasteiger charge is -2.31. The van der Waals surface area contributed by atoms with E-state index in [1.54, 1.807) is 16.6 Å². The highest BCUT2D eigenvalue weighted by atomic mass is 19.1. The molecule has 2 amide bonds. The van der Waals surface area contributed by atoms with Crippen LogP contribution in [0.1, 0.15) is 83.1 Å². The van der Waals surface area contributed by atoms with Crippen molar-refractivity contribution >= 4 is 29.2 Å². The first-order valence-corrected chi connectivity index (χ1v) is 14.9. The molecular formula is C32H40FN7O5. The number of carbonyl (C=O) groups excluding carboxylic acids is 3. The molecule has 0 spiro atoms. The molecule has 3 N–H and O–H groups in total. The van der Waals surface area contributed by atoms with Crippen LogP contribution in [-0.4, -0.2) is 68.6 Å². The van der Waals surface area contributed by atoms with E-state index in [2.05, 4.69) is 32.1 Å². The Morgan fingerprint density at radius 1 is 1.07 bits per heavy atom. The summed E-state index contributed by atoms with van der Waals surface area (Å²) in [4.78, 5) is 41.5. The molecule has 4 rings (SSSR count). The fourth-order valence-electron chi connectivity index (χ4n) is 5.18. The van der Waals surface area contributed by atoms with Crippen molar-refractivity contribution in [1.29, 1.82) is 5.26 Å². The standard InChI is InChI=1S/C32H40FN7O5/c1-19(41)44-32(5,6)28(33)18-36-29(42)24-17-35-26(27-12-11-23-13-20(15-34)16-37-40(23)27)14-25(24)38-21-7-9-22(10-8-21)39-30(43)45-31(2,3)4/h11-14,16-17,21-22,28H,7-10,18H2,1-6H3,(H,35,38)(H,36,42)(H,39,43)/t21?,22?,28-/m1/s1. The molecule has 0 unspecified atom stereocenters. The van der Waals surface area contributed by atoms with Gasteiger partial charge >= 0.3 is 12.1 Å². The first-order valence-electron chi connectivity index (χ1n) is 14.9.